The van der Waals surface area contributed by atoms with Gasteiger partial charge in [0.15, 0.2) is 0 Å². The molecule has 1 amide bonds. The number of carbonyl (C=O) groups is 1. The van der Waals surface area contributed by atoms with Crippen molar-refractivity contribution >= 4 is 15.9 Å². The Hall–Kier alpha value is -1.48. The Balaban J connectivity index is 2.18. The van der Waals surface area contributed by atoms with Gasteiger partial charge in [-0.25, -0.2) is 8.42 Å². The minimum atomic E-state index is -3.72. The maximum Gasteiger partial charge on any atom is 0.253 e. The molecule has 8 heteroatoms. The standard InChI is InChI=1S/C18H29N3O4S/c1-4-19(2)11-12-20(3)18(23)15-7-5-9-17(13-15)26(24,25)21-10-6-8-16(21)14-22/h5,7,9,13,16,22H,4,6,8,10-12,14H2,1-3H3/t16-/m0/s1. The summed E-state index contributed by atoms with van der Waals surface area (Å²) in [6, 6.07) is 5.78. The van der Waals surface area contributed by atoms with E-state index in [2.05, 4.69) is 4.90 Å². The predicted molar refractivity (Wildman–Crippen MR) is 101 cm³/mol. The summed E-state index contributed by atoms with van der Waals surface area (Å²) in [7, 11) is -0.0142. The van der Waals surface area contributed by atoms with Gasteiger partial charge in [0.25, 0.3) is 5.91 Å². The second kappa shape index (κ2) is 8.94. The first-order valence-electron chi connectivity index (χ1n) is 8.98. The first kappa shape index (κ1) is 20.8. The second-order valence-electron chi connectivity index (χ2n) is 6.74. The van der Waals surface area contributed by atoms with E-state index >= 15 is 0 Å². The molecule has 1 heterocycles. The van der Waals surface area contributed by atoms with E-state index in [1.165, 1.54) is 16.4 Å². The van der Waals surface area contributed by atoms with Crippen LogP contribution in [-0.4, -0.2) is 86.5 Å². The van der Waals surface area contributed by atoms with Crippen LogP contribution in [0.15, 0.2) is 29.2 Å². The molecule has 1 aromatic rings. The average Bonchev–Trinajstić information content (AvgIpc) is 3.14. The lowest BCUT2D eigenvalue weighted by molar-refractivity contribution is 0.0783. The summed E-state index contributed by atoms with van der Waals surface area (Å²) >= 11 is 0. The highest BCUT2D eigenvalue weighted by atomic mass is 32.2. The van der Waals surface area contributed by atoms with E-state index in [0.717, 1.165) is 19.5 Å². The van der Waals surface area contributed by atoms with Gasteiger partial charge in [0.1, 0.15) is 0 Å². The number of sulfonamides is 1. The summed E-state index contributed by atoms with van der Waals surface area (Å²) in [6.07, 6.45) is 1.39. The van der Waals surface area contributed by atoms with E-state index in [-0.39, 0.29) is 23.5 Å². The maximum atomic E-state index is 12.9. The van der Waals surface area contributed by atoms with Crippen molar-refractivity contribution in [3.05, 3.63) is 29.8 Å². The third-order valence-electron chi connectivity index (χ3n) is 4.93. The Morgan fingerprint density at radius 3 is 2.69 bits per heavy atom. The Labute approximate surface area is 156 Å². The van der Waals surface area contributed by atoms with Crippen LogP contribution in [0.5, 0.6) is 0 Å². The van der Waals surface area contributed by atoms with E-state index in [0.29, 0.717) is 25.1 Å². The van der Waals surface area contributed by atoms with Crippen LogP contribution < -0.4 is 0 Å². The molecule has 1 fully saturated rings. The quantitative estimate of drug-likeness (QED) is 0.720. The van der Waals surface area contributed by atoms with Gasteiger partial charge in [-0.1, -0.05) is 13.0 Å². The minimum Gasteiger partial charge on any atom is -0.395 e. The van der Waals surface area contributed by atoms with Gasteiger partial charge in [-0.15, -0.1) is 0 Å². The first-order valence-corrected chi connectivity index (χ1v) is 10.4. The van der Waals surface area contributed by atoms with Crippen LogP contribution in [0.4, 0.5) is 0 Å². The number of likely N-dealkylation sites (N-methyl/N-ethyl adjacent to an activating group) is 2. The number of rotatable bonds is 8. The molecule has 1 N–H and O–H groups in total. The molecule has 146 valence electrons. The summed E-state index contributed by atoms with van der Waals surface area (Å²) in [5.41, 5.74) is 0.354. The SMILES string of the molecule is CCN(C)CCN(C)C(=O)c1cccc(S(=O)(=O)N2CCC[C@H]2CO)c1. The largest absolute Gasteiger partial charge is 0.395 e. The summed E-state index contributed by atoms with van der Waals surface area (Å²) in [5.74, 6) is -0.202. The smallest absolute Gasteiger partial charge is 0.253 e. The first-order chi connectivity index (χ1) is 12.3. The van der Waals surface area contributed by atoms with Crippen molar-refractivity contribution in [3.63, 3.8) is 0 Å². The number of amides is 1. The van der Waals surface area contributed by atoms with Crippen LogP contribution in [0.3, 0.4) is 0 Å². The Kier molecular flexibility index (Phi) is 7.16. The van der Waals surface area contributed by atoms with Gasteiger partial charge >= 0.3 is 0 Å². The highest BCUT2D eigenvalue weighted by Crippen LogP contribution is 2.26. The van der Waals surface area contributed by atoms with E-state index in [9.17, 15) is 18.3 Å². The summed E-state index contributed by atoms with van der Waals surface area (Å²) in [6.45, 7) is 4.48. The molecule has 2 rings (SSSR count). The fourth-order valence-electron chi connectivity index (χ4n) is 3.03. The highest BCUT2D eigenvalue weighted by Gasteiger charge is 2.35. The lowest BCUT2D eigenvalue weighted by atomic mass is 10.2. The zero-order chi connectivity index (χ0) is 19.3. The second-order valence-corrected chi connectivity index (χ2v) is 8.64. The van der Waals surface area contributed by atoms with E-state index < -0.39 is 10.0 Å². The third-order valence-corrected chi connectivity index (χ3v) is 6.87. The Morgan fingerprint density at radius 1 is 1.31 bits per heavy atom. The lowest BCUT2D eigenvalue weighted by Gasteiger charge is -2.23. The van der Waals surface area contributed by atoms with Gasteiger partial charge < -0.3 is 14.9 Å². The number of nitrogens with zero attached hydrogens (tertiary/aromatic N) is 3. The molecular formula is C18H29N3O4S. The van der Waals surface area contributed by atoms with Crippen molar-refractivity contribution < 1.29 is 18.3 Å². The Morgan fingerprint density at radius 2 is 2.04 bits per heavy atom. The molecule has 1 saturated heterocycles. The molecule has 0 radical (unpaired) electrons. The number of hydrogen-bond acceptors (Lipinski definition) is 5. The van der Waals surface area contributed by atoms with Crippen LogP contribution in [0.25, 0.3) is 0 Å². The molecule has 0 aliphatic carbocycles. The van der Waals surface area contributed by atoms with Crippen LogP contribution in [-0.2, 0) is 10.0 Å². The van der Waals surface area contributed by atoms with Crippen molar-refractivity contribution in [1.82, 2.24) is 14.1 Å². The zero-order valence-corrected chi connectivity index (χ0v) is 16.6. The molecule has 0 spiro atoms. The third kappa shape index (κ3) is 4.62. The van der Waals surface area contributed by atoms with Gasteiger partial charge in [0.2, 0.25) is 10.0 Å². The molecule has 0 unspecified atom stereocenters. The van der Waals surface area contributed by atoms with Gasteiger partial charge in [-0.2, -0.15) is 4.31 Å². The summed E-state index contributed by atoms with van der Waals surface area (Å²) in [4.78, 5) is 16.4. The van der Waals surface area contributed by atoms with Crippen LogP contribution >= 0.6 is 0 Å². The van der Waals surface area contributed by atoms with Crippen molar-refractivity contribution in [3.8, 4) is 0 Å². The normalized spacial score (nSPS) is 18.4. The van der Waals surface area contributed by atoms with Crippen LogP contribution in [0.2, 0.25) is 0 Å². The van der Waals surface area contributed by atoms with Gasteiger partial charge in [-0.3, -0.25) is 4.79 Å². The zero-order valence-electron chi connectivity index (χ0n) is 15.8. The maximum absolute atomic E-state index is 12.9. The molecule has 1 aliphatic rings. The molecule has 1 aromatic carbocycles. The average molecular weight is 384 g/mol. The van der Waals surface area contributed by atoms with E-state index in [4.69, 9.17) is 0 Å². The summed E-state index contributed by atoms with van der Waals surface area (Å²) < 4.78 is 27.1. The number of aliphatic hydroxyl groups excluding tert-OH is 1. The monoisotopic (exact) mass is 383 g/mol. The van der Waals surface area contributed by atoms with Gasteiger partial charge in [0, 0.05) is 38.3 Å². The van der Waals surface area contributed by atoms with E-state index in [1.807, 2.05) is 14.0 Å². The Bertz CT molecular complexity index is 723. The molecule has 0 bridgehead atoms. The van der Waals surface area contributed by atoms with Crippen molar-refractivity contribution in [2.75, 3.05) is 46.9 Å². The van der Waals surface area contributed by atoms with Crippen LogP contribution in [0.1, 0.15) is 30.1 Å². The number of benzene rings is 1. The summed E-state index contributed by atoms with van der Waals surface area (Å²) in [5, 5.41) is 9.42. The minimum absolute atomic E-state index is 0.0998. The van der Waals surface area contributed by atoms with E-state index in [1.54, 1.807) is 24.1 Å². The van der Waals surface area contributed by atoms with Crippen molar-refractivity contribution in [1.29, 1.82) is 0 Å². The van der Waals surface area contributed by atoms with Crippen molar-refractivity contribution in [2.24, 2.45) is 0 Å². The molecule has 7 nitrogen and oxygen atoms in total. The molecule has 0 aromatic heterocycles. The topological polar surface area (TPSA) is 81.2 Å². The molecule has 1 aliphatic heterocycles. The number of carbonyl (C=O) groups excluding carboxylic acids is 1. The molecule has 26 heavy (non-hydrogen) atoms. The molecule has 0 saturated carbocycles. The number of aliphatic hydroxyl groups is 1. The fraction of sp³-hybridized carbons (Fsp3) is 0.611. The van der Waals surface area contributed by atoms with Gasteiger partial charge in [0.05, 0.1) is 11.5 Å². The fourth-order valence-corrected chi connectivity index (χ4v) is 4.77. The van der Waals surface area contributed by atoms with Crippen LogP contribution in [0, 0.1) is 0 Å². The molecular weight excluding hydrogens is 354 g/mol. The highest BCUT2D eigenvalue weighted by molar-refractivity contribution is 7.89. The lowest BCUT2D eigenvalue weighted by Crippen LogP contribution is -2.38. The molecule has 1 atom stereocenters. The number of hydrogen-bond donors (Lipinski definition) is 1. The van der Waals surface area contributed by atoms with Gasteiger partial charge in [-0.05, 0) is 44.6 Å². The van der Waals surface area contributed by atoms with Crippen molar-refractivity contribution in [2.45, 2.75) is 30.7 Å². The predicted octanol–water partition coefficient (Wildman–Crippen LogP) is 0.856.